The van der Waals surface area contributed by atoms with Crippen molar-refractivity contribution in [2.24, 2.45) is 0 Å². The summed E-state index contributed by atoms with van der Waals surface area (Å²) in [6.07, 6.45) is 2.05. The van der Waals surface area contributed by atoms with Gasteiger partial charge in [-0.25, -0.2) is 0 Å². The Balaban J connectivity index is 2.64. The second kappa shape index (κ2) is 6.05. The van der Waals surface area contributed by atoms with E-state index in [0.717, 1.165) is 12.8 Å². The minimum Gasteiger partial charge on any atom is -0.380 e. The van der Waals surface area contributed by atoms with Gasteiger partial charge >= 0.3 is 0 Å². The highest BCUT2D eigenvalue weighted by atomic mass is 35.5. The van der Waals surface area contributed by atoms with Crippen LogP contribution in [-0.4, -0.2) is 12.5 Å². The second-order valence-electron chi connectivity index (χ2n) is 3.52. The molecule has 1 nitrogen and oxygen atoms in total. The lowest BCUT2D eigenvalue weighted by Crippen LogP contribution is -1.99. The molecule has 1 aromatic rings. The van der Waals surface area contributed by atoms with Crippen LogP contribution >= 0.6 is 11.6 Å². The number of methoxy groups -OCH3 is 1. The monoisotopic (exact) mass is 212 g/mol. The molecule has 1 atom stereocenters. The van der Waals surface area contributed by atoms with Crippen molar-refractivity contribution in [1.82, 2.24) is 0 Å². The van der Waals surface area contributed by atoms with E-state index in [2.05, 4.69) is 18.2 Å². The van der Waals surface area contributed by atoms with E-state index in [4.69, 9.17) is 16.3 Å². The predicted octanol–water partition coefficient (Wildman–Crippen LogP) is 3.39. The molecule has 1 aromatic carbocycles. The first-order valence-electron chi connectivity index (χ1n) is 4.94. The number of halogens is 1. The number of rotatable bonds is 5. The van der Waals surface area contributed by atoms with E-state index in [-0.39, 0.29) is 5.38 Å². The maximum Gasteiger partial charge on any atom is 0.0715 e. The molecule has 0 heterocycles. The average Bonchev–Trinajstić information content (AvgIpc) is 2.17. The van der Waals surface area contributed by atoms with Gasteiger partial charge in [-0.3, -0.25) is 0 Å². The van der Waals surface area contributed by atoms with Gasteiger partial charge in [0.1, 0.15) is 0 Å². The van der Waals surface area contributed by atoms with Gasteiger partial charge in [0.05, 0.1) is 6.61 Å². The van der Waals surface area contributed by atoms with Crippen LogP contribution < -0.4 is 0 Å². The summed E-state index contributed by atoms with van der Waals surface area (Å²) >= 11 is 5.93. The Morgan fingerprint density at radius 2 is 1.93 bits per heavy atom. The first-order valence-corrected chi connectivity index (χ1v) is 5.37. The maximum atomic E-state index is 5.93. The fourth-order valence-electron chi connectivity index (χ4n) is 1.45. The van der Waals surface area contributed by atoms with Gasteiger partial charge in [-0.2, -0.15) is 0 Å². The number of hydrogen-bond acceptors (Lipinski definition) is 1. The fraction of sp³-hybridized carbons (Fsp3) is 0.500. The molecule has 0 saturated carbocycles. The summed E-state index contributed by atoms with van der Waals surface area (Å²) in [6, 6.07) is 8.36. The van der Waals surface area contributed by atoms with Crippen molar-refractivity contribution >= 4 is 11.6 Å². The smallest absolute Gasteiger partial charge is 0.0715 e. The van der Waals surface area contributed by atoms with Crippen LogP contribution in [0.5, 0.6) is 0 Å². The summed E-state index contributed by atoms with van der Waals surface area (Å²) in [5.41, 5.74) is 2.62. The molecule has 2 heteroatoms. The second-order valence-corrected chi connectivity index (χ2v) is 4.27. The van der Waals surface area contributed by atoms with Crippen LogP contribution in [0.3, 0.4) is 0 Å². The van der Waals surface area contributed by atoms with Gasteiger partial charge in [-0.15, -0.1) is 11.6 Å². The van der Waals surface area contributed by atoms with Crippen LogP contribution in [0.1, 0.15) is 24.5 Å². The van der Waals surface area contributed by atoms with Gasteiger partial charge < -0.3 is 4.74 Å². The molecule has 0 aliphatic carbocycles. The Bertz CT molecular complexity index is 271. The molecule has 0 N–H and O–H groups in total. The van der Waals surface area contributed by atoms with E-state index in [0.29, 0.717) is 6.61 Å². The molecule has 1 unspecified atom stereocenters. The summed E-state index contributed by atoms with van der Waals surface area (Å²) < 4.78 is 5.14. The molecule has 0 amide bonds. The molecule has 0 spiro atoms. The summed E-state index contributed by atoms with van der Waals surface area (Å²) in [5.74, 6) is 0. The average molecular weight is 213 g/mol. The van der Waals surface area contributed by atoms with E-state index in [9.17, 15) is 0 Å². The van der Waals surface area contributed by atoms with Crippen LogP contribution in [0.4, 0.5) is 0 Å². The first kappa shape index (κ1) is 11.5. The molecule has 0 fully saturated rings. The predicted molar refractivity (Wildman–Crippen MR) is 60.8 cm³/mol. The zero-order chi connectivity index (χ0) is 10.4. The molecule has 0 aliphatic rings. The quantitative estimate of drug-likeness (QED) is 0.680. The Morgan fingerprint density at radius 1 is 1.29 bits per heavy atom. The lowest BCUT2D eigenvalue weighted by atomic mass is 10.0. The van der Waals surface area contributed by atoms with E-state index in [1.165, 1.54) is 11.1 Å². The van der Waals surface area contributed by atoms with Crippen molar-refractivity contribution in [3.05, 3.63) is 35.4 Å². The Labute approximate surface area is 91.0 Å². The first-order chi connectivity index (χ1) is 6.74. The topological polar surface area (TPSA) is 9.23 Å². The minimum atomic E-state index is 0.241. The normalized spacial score (nSPS) is 12.8. The molecule has 0 bridgehead atoms. The lowest BCUT2D eigenvalue weighted by Gasteiger charge is -2.09. The third kappa shape index (κ3) is 3.69. The maximum absolute atomic E-state index is 5.93. The van der Waals surface area contributed by atoms with Gasteiger partial charge in [0, 0.05) is 12.5 Å². The molecule has 78 valence electrons. The molecule has 0 aromatic heterocycles. The van der Waals surface area contributed by atoms with Crippen molar-refractivity contribution in [2.45, 2.75) is 31.7 Å². The van der Waals surface area contributed by atoms with Crippen LogP contribution in [0, 0.1) is 0 Å². The summed E-state index contributed by atoms with van der Waals surface area (Å²) in [6.45, 7) is 2.72. The highest BCUT2D eigenvalue weighted by Crippen LogP contribution is 2.14. The van der Waals surface area contributed by atoms with E-state index in [1.54, 1.807) is 7.11 Å². The Kier molecular flexibility index (Phi) is 4.99. The minimum absolute atomic E-state index is 0.241. The molecule has 14 heavy (non-hydrogen) atoms. The highest BCUT2D eigenvalue weighted by molar-refractivity contribution is 6.20. The number of ether oxygens (including phenoxy) is 1. The van der Waals surface area contributed by atoms with Gasteiger partial charge in [0.15, 0.2) is 0 Å². The van der Waals surface area contributed by atoms with Crippen molar-refractivity contribution in [2.75, 3.05) is 7.11 Å². The fourth-order valence-corrected chi connectivity index (χ4v) is 1.56. The molecule has 0 saturated heterocycles. The van der Waals surface area contributed by atoms with Crippen molar-refractivity contribution in [3.63, 3.8) is 0 Å². The molecular formula is C12H17ClO. The molecule has 0 radical (unpaired) electrons. The summed E-state index contributed by atoms with van der Waals surface area (Å²) in [4.78, 5) is 0. The Hall–Kier alpha value is -0.530. The van der Waals surface area contributed by atoms with Gasteiger partial charge in [0.2, 0.25) is 0 Å². The standard InChI is InChI=1S/C12H17ClO/c1-10(13)7-8-11-5-3-4-6-12(11)9-14-2/h3-6,10H,7-9H2,1-2H3. The third-order valence-corrected chi connectivity index (χ3v) is 2.45. The number of benzene rings is 1. The summed E-state index contributed by atoms with van der Waals surface area (Å²) in [7, 11) is 1.72. The van der Waals surface area contributed by atoms with E-state index in [1.807, 2.05) is 13.0 Å². The number of aryl methyl sites for hydroxylation is 1. The molecule has 1 rings (SSSR count). The Morgan fingerprint density at radius 3 is 2.50 bits per heavy atom. The zero-order valence-corrected chi connectivity index (χ0v) is 9.55. The highest BCUT2D eigenvalue weighted by Gasteiger charge is 2.03. The largest absolute Gasteiger partial charge is 0.380 e. The molecular weight excluding hydrogens is 196 g/mol. The van der Waals surface area contributed by atoms with Crippen molar-refractivity contribution in [1.29, 1.82) is 0 Å². The number of hydrogen-bond donors (Lipinski definition) is 0. The van der Waals surface area contributed by atoms with E-state index >= 15 is 0 Å². The van der Waals surface area contributed by atoms with Crippen molar-refractivity contribution < 1.29 is 4.74 Å². The van der Waals surface area contributed by atoms with Crippen LogP contribution in [0.25, 0.3) is 0 Å². The lowest BCUT2D eigenvalue weighted by molar-refractivity contribution is 0.184. The van der Waals surface area contributed by atoms with Gasteiger partial charge in [-0.05, 0) is 30.9 Å². The van der Waals surface area contributed by atoms with Crippen LogP contribution in [0.2, 0.25) is 0 Å². The molecule has 0 aliphatic heterocycles. The van der Waals surface area contributed by atoms with Crippen LogP contribution in [-0.2, 0) is 17.8 Å². The number of alkyl halides is 1. The van der Waals surface area contributed by atoms with E-state index < -0.39 is 0 Å². The third-order valence-electron chi connectivity index (χ3n) is 2.23. The summed E-state index contributed by atoms with van der Waals surface area (Å²) in [5, 5.41) is 0.241. The van der Waals surface area contributed by atoms with Crippen LogP contribution in [0.15, 0.2) is 24.3 Å². The van der Waals surface area contributed by atoms with Gasteiger partial charge in [-0.1, -0.05) is 24.3 Å². The van der Waals surface area contributed by atoms with Gasteiger partial charge in [0.25, 0.3) is 0 Å². The zero-order valence-electron chi connectivity index (χ0n) is 8.79. The van der Waals surface area contributed by atoms with Crippen molar-refractivity contribution in [3.8, 4) is 0 Å². The SMILES string of the molecule is COCc1ccccc1CCC(C)Cl.